The quantitative estimate of drug-likeness (QED) is 0.472. The van der Waals surface area contributed by atoms with E-state index >= 15 is 0 Å². The molecular formula is C10H18O3. The largest absolute Gasteiger partial charge is 0.508 e. The maximum absolute atomic E-state index is 10.5. The van der Waals surface area contributed by atoms with Gasteiger partial charge in [0.15, 0.2) is 0 Å². The van der Waals surface area contributed by atoms with Gasteiger partial charge in [-0.1, -0.05) is 32.6 Å². The van der Waals surface area contributed by atoms with E-state index in [1.165, 1.54) is 25.7 Å². The summed E-state index contributed by atoms with van der Waals surface area (Å²) in [6.07, 6.45) is 6.71. The van der Waals surface area contributed by atoms with Crippen LogP contribution in [0.15, 0.2) is 0 Å². The van der Waals surface area contributed by atoms with Crippen molar-refractivity contribution in [2.45, 2.75) is 51.6 Å². The van der Waals surface area contributed by atoms with E-state index in [0.29, 0.717) is 6.61 Å². The fourth-order valence-electron chi connectivity index (χ4n) is 1.48. The van der Waals surface area contributed by atoms with Crippen molar-refractivity contribution in [1.82, 2.24) is 0 Å². The number of ether oxygens (including phenoxy) is 2. The zero-order valence-corrected chi connectivity index (χ0v) is 8.25. The fourth-order valence-corrected chi connectivity index (χ4v) is 1.48. The summed E-state index contributed by atoms with van der Waals surface area (Å²) >= 11 is 0. The summed E-state index contributed by atoms with van der Waals surface area (Å²) in [4.78, 5) is 10.5. The number of hydrogen-bond donors (Lipinski definition) is 0. The van der Waals surface area contributed by atoms with Crippen molar-refractivity contribution in [3.05, 3.63) is 0 Å². The summed E-state index contributed by atoms with van der Waals surface area (Å²) in [7, 11) is 0. The molecule has 3 heteroatoms. The summed E-state index contributed by atoms with van der Waals surface area (Å²) in [5.74, 6) is 0. The van der Waals surface area contributed by atoms with Gasteiger partial charge in [-0.25, -0.2) is 4.79 Å². The molecule has 0 aromatic heterocycles. The second-order valence-electron chi connectivity index (χ2n) is 3.50. The van der Waals surface area contributed by atoms with Gasteiger partial charge in [0.05, 0.1) is 0 Å². The van der Waals surface area contributed by atoms with Gasteiger partial charge in [0, 0.05) is 0 Å². The van der Waals surface area contributed by atoms with Gasteiger partial charge in [0.1, 0.15) is 12.7 Å². The third-order valence-corrected chi connectivity index (χ3v) is 2.28. The first-order chi connectivity index (χ1) is 6.33. The van der Waals surface area contributed by atoms with Crippen molar-refractivity contribution in [2.75, 3.05) is 6.61 Å². The third kappa shape index (κ3) is 4.15. The first-order valence-corrected chi connectivity index (χ1v) is 5.16. The highest BCUT2D eigenvalue weighted by Gasteiger charge is 2.23. The fraction of sp³-hybridized carbons (Fsp3) is 0.900. The molecule has 76 valence electrons. The van der Waals surface area contributed by atoms with Crippen LogP contribution in [-0.2, 0) is 9.47 Å². The van der Waals surface area contributed by atoms with Crippen LogP contribution in [0.5, 0.6) is 0 Å². The van der Waals surface area contributed by atoms with E-state index < -0.39 is 6.16 Å². The summed E-state index contributed by atoms with van der Waals surface area (Å²) in [6, 6.07) is 0. The van der Waals surface area contributed by atoms with Crippen LogP contribution < -0.4 is 0 Å². The van der Waals surface area contributed by atoms with Crippen LogP contribution in [0.1, 0.15) is 45.4 Å². The molecule has 0 bridgehead atoms. The number of cyclic esters (lactones) is 2. The lowest BCUT2D eigenvalue weighted by molar-refractivity contribution is 0.115. The van der Waals surface area contributed by atoms with Gasteiger partial charge in [0.25, 0.3) is 0 Å². The molecule has 1 aliphatic heterocycles. The van der Waals surface area contributed by atoms with Gasteiger partial charge in [0.2, 0.25) is 0 Å². The second-order valence-corrected chi connectivity index (χ2v) is 3.50. The lowest BCUT2D eigenvalue weighted by Gasteiger charge is -2.04. The first-order valence-electron chi connectivity index (χ1n) is 5.16. The summed E-state index contributed by atoms with van der Waals surface area (Å²) < 4.78 is 9.59. The topological polar surface area (TPSA) is 35.5 Å². The normalized spacial score (nSPS) is 21.3. The van der Waals surface area contributed by atoms with Crippen LogP contribution >= 0.6 is 0 Å². The Labute approximate surface area is 79.4 Å². The minimum absolute atomic E-state index is 0.0223. The van der Waals surface area contributed by atoms with Crippen LogP contribution in [0.25, 0.3) is 0 Å². The zero-order valence-electron chi connectivity index (χ0n) is 8.25. The number of carbonyl (C=O) groups is 1. The highest BCUT2D eigenvalue weighted by Crippen LogP contribution is 2.14. The summed E-state index contributed by atoms with van der Waals surface area (Å²) in [6.45, 7) is 2.65. The van der Waals surface area contributed by atoms with Gasteiger partial charge >= 0.3 is 6.16 Å². The predicted molar refractivity (Wildman–Crippen MR) is 49.6 cm³/mol. The Morgan fingerprint density at radius 3 is 2.69 bits per heavy atom. The molecule has 0 radical (unpaired) electrons. The van der Waals surface area contributed by atoms with E-state index in [0.717, 1.165) is 12.8 Å². The van der Waals surface area contributed by atoms with Crippen molar-refractivity contribution < 1.29 is 14.3 Å². The molecule has 0 saturated carbocycles. The van der Waals surface area contributed by atoms with E-state index in [1.807, 2.05) is 0 Å². The van der Waals surface area contributed by atoms with Gasteiger partial charge in [-0.3, -0.25) is 0 Å². The molecule has 0 aromatic carbocycles. The van der Waals surface area contributed by atoms with Gasteiger partial charge < -0.3 is 9.47 Å². The van der Waals surface area contributed by atoms with Crippen molar-refractivity contribution in [3.63, 3.8) is 0 Å². The third-order valence-electron chi connectivity index (χ3n) is 2.28. The van der Waals surface area contributed by atoms with Crippen molar-refractivity contribution in [3.8, 4) is 0 Å². The van der Waals surface area contributed by atoms with Crippen LogP contribution in [0.4, 0.5) is 4.79 Å². The molecule has 1 fully saturated rings. The van der Waals surface area contributed by atoms with Gasteiger partial charge in [-0.2, -0.15) is 0 Å². The number of carbonyl (C=O) groups excluding carboxylic acids is 1. The Morgan fingerprint density at radius 1 is 1.31 bits per heavy atom. The molecule has 1 rings (SSSR count). The highest BCUT2D eigenvalue weighted by atomic mass is 16.8. The molecule has 1 saturated heterocycles. The minimum atomic E-state index is -0.501. The SMILES string of the molecule is CCCCCCCC1COC(=O)O1. The molecule has 0 aromatic rings. The second kappa shape index (κ2) is 5.84. The Morgan fingerprint density at radius 2 is 2.08 bits per heavy atom. The molecule has 1 atom stereocenters. The average Bonchev–Trinajstić information content (AvgIpc) is 2.51. The lowest BCUT2D eigenvalue weighted by atomic mass is 10.1. The monoisotopic (exact) mass is 186 g/mol. The molecule has 1 unspecified atom stereocenters. The number of unbranched alkanes of at least 4 members (excludes halogenated alkanes) is 4. The molecule has 3 nitrogen and oxygen atoms in total. The van der Waals surface area contributed by atoms with Crippen LogP contribution in [0, 0.1) is 0 Å². The van der Waals surface area contributed by atoms with E-state index in [1.54, 1.807) is 0 Å². The van der Waals surface area contributed by atoms with Crippen molar-refractivity contribution in [1.29, 1.82) is 0 Å². The number of rotatable bonds is 6. The zero-order chi connectivity index (χ0) is 9.52. The van der Waals surface area contributed by atoms with E-state index in [2.05, 4.69) is 11.7 Å². The summed E-state index contributed by atoms with van der Waals surface area (Å²) in [5.41, 5.74) is 0. The molecule has 0 spiro atoms. The molecule has 13 heavy (non-hydrogen) atoms. The number of hydrogen-bond acceptors (Lipinski definition) is 3. The highest BCUT2D eigenvalue weighted by molar-refractivity contribution is 5.61. The molecule has 0 amide bonds. The first kappa shape index (κ1) is 10.4. The Balaban J connectivity index is 1.91. The Kier molecular flexibility index (Phi) is 4.65. The molecule has 0 N–H and O–H groups in total. The van der Waals surface area contributed by atoms with E-state index in [9.17, 15) is 4.79 Å². The molecule has 1 heterocycles. The molecule has 1 aliphatic rings. The van der Waals surface area contributed by atoms with Gasteiger partial charge in [-0.15, -0.1) is 0 Å². The smallest absolute Gasteiger partial charge is 0.430 e. The van der Waals surface area contributed by atoms with Crippen LogP contribution in [0.2, 0.25) is 0 Å². The summed E-state index contributed by atoms with van der Waals surface area (Å²) in [5, 5.41) is 0. The van der Waals surface area contributed by atoms with E-state index in [-0.39, 0.29) is 6.10 Å². The van der Waals surface area contributed by atoms with Crippen molar-refractivity contribution >= 4 is 6.16 Å². The van der Waals surface area contributed by atoms with Crippen molar-refractivity contribution in [2.24, 2.45) is 0 Å². The predicted octanol–water partition coefficient (Wildman–Crippen LogP) is 2.88. The maximum atomic E-state index is 10.5. The Hall–Kier alpha value is -0.730. The lowest BCUT2D eigenvalue weighted by Crippen LogP contribution is -2.08. The Bertz CT molecular complexity index is 156. The maximum Gasteiger partial charge on any atom is 0.508 e. The van der Waals surface area contributed by atoms with Crippen LogP contribution in [0.3, 0.4) is 0 Å². The minimum Gasteiger partial charge on any atom is -0.430 e. The standard InChI is InChI=1S/C10H18O3/c1-2-3-4-5-6-7-9-8-12-10(11)13-9/h9H,2-8H2,1H3. The molecular weight excluding hydrogens is 168 g/mol. The molecule has 0 aliphatic carbocycles. The van der Waals surface area contributed by atoms with Gasteiger partial charge in [-0.05, 0) is 12.8 Å². The van der Waals surface area contributed by atoms with Crippen LogP contribution in [-0.4, -0.2) is 18.9 Å². The van der Waals surface area contributed by atoms with E-state index in [4.69, 9.17) is 4.74 Å². The average molecular weight is 186 g/mol.